The summed E-state index contributed by atoms with van der Waals surface area (Å²) in [5.41, 5.74) is 10.2. The molecule has 1 aliphatic carbocycles. The van der Waals surface area contributed by atoms with E-state index in [4.69, 9.17) is 5.73 Å². The molecular formula is C15H21N. The first-order chi connectivity index (χ1) is 7.79. The second kappa shape index (κ2) is 5.31. The van der Waals surface area contributed by atoms with Gasteiger partial charge in [-0.2, -0.15) is 0 Å². The summed E-state index contributed by atoms with van der Waals surface area (Å²) in [6.07, 6.45) is 8.21. The molecule has 0 saturated heterocycles. The fourth-order valence-electron chi connectivity index (χ4n) is 2.32. The largest absolute Gasteiger partial charge is 0.324 e. The molecule has 0 radical (unpaired) electrons. The Kier molecular flexibility index (Phi) is 3.79. The third-order valence-electron chi connectivity index (χ3n) is 3.38. The first-order valence-corrected chi connectivity index (χ1v) is 6.35. The number of allylic oxidation sites excluding steroid dienone is 1. The van der Waals surface area contributed by atoms with Crippen LogP contribution in [0.5, 0.6) is 0 Å². The number of nitrogens with two attached hydrogens (primary N) is 1. The lowest BCUT2D eigenvalue weighted by Crippen LogP contribution is -2.15. The molecule has 1 aromatic carbocycles. The van der Waals surface area contributed by atoms with Gasteiger partial charge in [0, 0.05) is 6.04 Å². The Morgan fingerprint density at radius 1 is 1.19 bits per heavy atom. The van der Waals surface area contributed by atoms with Gasteiger partial charge in [-0.3, -0.25) is 0 Å². The van der Waals surface area contributed by atoms with Crippen LogP contribution in [-0.4, -0.2) is 6.04 Å². The van der Waals surface area contributed by atoms with E-state index in [9.17, 15) is 0 Å². The van der Waals surface area contributed by atoms with Crippen molar-refractivity contribution in [2.45, 2.75) is 45.1 Å². The fraction of sp³-hybridized carbons (Fsp3) is 0.467. The van der Waals surface area contributed by atoms with E-state index in [0.717, 1.165) is 12.8 Å². The van der Waals surface area contributed by atoms with Gasteiger partial charge in [0.1, 0.15) is 0 Å². The molecule has 0 aromatic heterocycles. The Labute approximate surface area is 98.4 Å². The highest BCUT2D eigenvalue weighted by Crippen LogP contribution is 2.25. The summed E-state index contributed by atoms with van der Waals surface area (Å²) in [5, 5.41) is 0. The second-order valence-electron chi connectivity index (χ2n) is 4.65. The lowest BCUT2D eigenvalue weighted by atomic mass is 9.99. The third-order valence-corrected chi connectivity index (χ3v) is 3.38. The van der Waals surface area contributed by atoms with Crippen LogP contribution >= 0.6 is 0 Å². The number of hydrogen-bond acceptors (Lipinski definition) is 1. The molecule has 16 heavy (non-hydrogen) atoms. The quantitative estimate of drug-likeness (QED) is 0.802. The summed E-state index contributed by atoms with van der Waals surface area (Å²) < 4.78 is 0. The van der Waals surface area contributed by atoms with E-state index in [1.165, 1.54) is 36.0 Å². The summed E-state index contributed by atoms with van der Waals surface area (Å²) in [6.45, 7) is 2.19. The van der Waals surface area contributed by atoms with E-state index < -0.39 is 0 Å². The SMILES string of the molecule is CCc1ccc(C2=CC(N)CCCC2)cc1. The van der Waals surface area contributed by atoms with Gasteiger partial charge in [0.05, 0.1) is 0 Å². The minimum atomic E-state index is 0.253. The molecule has 1 aromatic rings. The van der Waals surface area contributed by atoms with Gasteiger partial charge in [-0.15, -0.1) is 0 Å². The van der Waals surface area contributed by atoms with Crippen LogP contribution in [0.2, 0.25) is 0 Å². The smallest absolute Gasteiger partial charge is 0.0229 e. The molecular weight excluding hydrogens is 194 g/mol. The van der Waals surface area contributed by atoms with Crippen molar-refractivity contribution in [3.8, 4) is 0 Å². The van der Waals surface area contributed by atoms with Gasteiger partial charge in [0.25, 0.3) is 0 Å². The first-order valence-electron chi connectivity index (χ1n) is 6.35. The van der Waals surface area contributed by atoms with E-state index in [1.807, 2.05) is 0 Å². The summed E-state index contributed by atoms with van der Waals surface area (Å²) in [5.74, 6) is 0. The molecule has 86 valence electrons. The molecule has 1 unspecified atom stereocenters. The van der Waals surface area contributed by atoms with Gasteiger partial charge in [0.15, 0.2) is 0 Å². The van der Waals surface area contributed by atoms with Crippen LogP contribution in [0.15, 0.2) is 30.3 Å². The number of benzene rings is 1. The van der Waals surface area contributed by atoms with E-state index in [2.05, 4.69) is 37.3 Å². The van der Waals surface area contributed by atoms with E-state index in [-0.39, 0.29) is 6.04 Å². The summed E-state index contributed by atoms with van der Waals surface area (Å²) in [7, 11) is 0. The molecule has 0 spiro atoms. The molecule has 0 bridgehead atoms. The van der Waals surface area contributed by atoms with E-state index >= 15 is 0 Å². The minimum Gasteiger partial charge on any atom is -0.324 e. The average molecular weight is 215 g/mol. The van der Waals surface area contributed by atoms with Crippen molar-refractivity contribution in [1.29, 1.82) is 0 Å². The van der Waals surface area contributed by atoms with Crippen molar-refractivity contribution in [1.82, 2.24) is 0 Å². The van der Waals surface area contributed by atoms with Crippen molar-refractivity contribution >= 4 is 5.57 Å². The van der Waals surface area contributed by atoms with Crippen LogP contribution in [0, 0.1) is 0 Å². The van der Waals surface area contributed by atoms with Crippen molar-refractivity contribution in [2.24, 2.45) is 5.73 Å². The Morgan fingerprint density at radius 3 is 2.62 bits per heavy atom. The molecule has 1 aliphatic rings. The van der Waals surface area contributed by atoms with E-state index in [1.54, 1.807) is 0 Å². The fourth-order valence-corrected chi connectivity index (χ4v) is 2.32. The molecule has 1 nitrogen and oxygen atoms in total. The summed E-state index contributed by atoms with van der Waals surface area (Å²) in [6, 6.07) is 9.19. The number of aryl methyl sites for hydroxylation is 1. The highest BCUT2D eigenvalue weighted by Gasteiger charge is 2.09. The monoisotopic (exact) mass is 215 g/mol. The highest BCUT2D eigenvalue weighted by molar-refractivity contribution is 5.66. The van der Waals surface area contributed by atoms with Gasteiger partial charge >= 0.3 is 0 Å². The summed E-state index contributed by atoms with van der Waals surface area (Å²) >= 11 is 0. The lowest BCUT2D eigenvalue weighted by Gasteiger charge is -2.08. The Morgan fingerprint density at radius 2 is 1.94 bits per heavy atom. The molecule has 0 fully saturated rings. The maximum atomic E-state index is 6.04. The van der Waals surface area contributed by atoms with E-state index in [0.29, 0.717) is 0 Å². The van der Waals surface area contributed by atoms with Crippen LogP contribution in [0.3, 0.4) is 0 Å². The predicted molar refractivity (Wildman–Crippen MR) is 70.2 cm³/mol. The lowest BCUT2D eigenvalue weighted by molar-refractivity contribution is 0.658. The van der Waals surface area contributed by atoms with Gasteiger partial charge in [0.2, 0.25) is 0 Å². The zero-order chi connectivity index (χ0) is 11.4. The molecule has 2 rings (SSSR count). The maximum absolute atomic E-state index is 6.04. The summed E-state index contributed by atoms with van der Waals surface area (Å²) in [4.78, 5) is 0. The minimum absolute atomic E-state index is 0.253. The molecule has 2 N–H and O–H groups in total. The van der Waals surface area contributed by atoms with Crippen molar-refractivity contribution in [3.63, 3.8) is 0 Å². The number of hydrogen-bond donors (Lipinski definition) is 1. The molecule has 1 heteroatoms. The number of rotatable bonds is 2. The third kappa shape index (κ3) is 2.73. The highest BCUT2D eigenvalue weighted by atomic mass is 14.6. The molecule has 1 atom stereocenters. The zero-order valence-electron chi connectivity index (χ0n) is 10.1. The molecule has 0 heterocycles. The van der Waals surface area contributed by atoms with Gasteiger partial charge < -0.3 is 5.73 Å². The van der Waals surface area contributed by atoms with Crippen LogP contribution in [0.1, 0.15) is 43.7 Å². The zero-order valence-corrected chi connectivity index (χ0v) is 10.1. The molecule has 0 saturated carbocycles. The van der Waals surface area contributed by atoms with Crippen molar-refractivity contribution < 1.29 is 0 Å². The van der Waals surface area contributed by atoms with Gasteiger partial charge in [-0.25, -0.2) is 0 Å². The molecule has 0 amide bonds. The Hall–Kier alpha value is -1.08. The van der Waals surface area contributed by atoms with Crippen LogP contribution in [0.25, 0.3) is 5.57 Å². The predicted octanol–water partition coefficient (Wildman–Crippen LogP) is 3.53. The normalized spacial score (nSPS) is 21.4. The van der Waals surface area contributed by atoms with Gasteiger partial charge in [-0.1, -0.05) is 43.7 Å². The molecule has 0 aliphatic heterocycles. The average Bonchev–Trinajstić information content (AvgIpc) is 2.54. The van der Waals surface area contributed by atoms with Crippen LogP contribution in [0.4, 0.5) is 0 Å². The van der Waals surface area contributed by atoms with Crippen molar-refractivity contribution in [2.75, 3.05) is 0 Å². The first kappa shape index (κ1) is 11.4. The van der Waals surface area contributed by atoms with Crippen LogP contribution in [-0.2, 0) is 6.42 Å². The standard InChI is InChI=1S/C15H21N/c1-2-12-7-9-13(10-8-12)14-5-3-4-6-15(16)11-14/h7-11,15H,2-6,16H2,1H3. The van der Waals surface area contributed by atoms with Crippen LogP contribution < -0.4 is 5.73 Å². The maximum Gasteiger partial charge on any atom is 0.0229 e. The topological polar surface area (TPSA) is 26.0 Å². The second-order valence-corrected chi connectivity index (χ2v) is 4.65. The Balaban J connectivity index is 2.21. The van der Waals surface area contributed by atoms with Gasteiger partial charge in [-0.05, 0) is 42.4 Å². The Bertz CT molecular complexity index is 362. The van der Waals surface area contributed by atoms with Crippen molar-refractivity contribution in [3.05, 3.63) is 41.5 Å².